The fourth-order valence-corrected chi connectivity index (χ4v) is 2.34. The van der Waals surface area contributed by atoms with E-state index in [2.05, 4.69) is 0 Å². The van der Waals surface area contributed by atoms with Crippen LogP contribution in [0.1, 0.15) is 27.2 Å². The summed E-state index contributed by atoms with van der Waals surface area (Å²) in [6.45, 7) is 6.87. The third kappa shape index (κ3) is 4.55. The molecule has 2 rings (SSSR count). The number of likely N-dealkylation sites (tertiary alicyclic amines) is 1. The van der Waals surface area contributed by atoms with Gasteiger partial charge in [0.25, 0.3) is 0 Å². The zero-order valence-electron chi connectivity index (χ0n) is 14.1. The molecule has 122 valence electrons. The molecule has 1 atom stereocenters. The van der Waals surface area contributed by atoms with E-state index in [9.17, 15) is 4.79 Å². The third-order valence-corrected chi connectivity index (χ3v) is 3.43. The van der Waals surface area contributed by atoms with E-state index in [-0.39, 0.29) is 12.2 Å². The van der Waals surface area contributed by atoms with Gasteiger partial charge in [-0.05, 0) is 32.9 Å². The van der Waals surface area contributed by atoms with E-state index in [1.165, 1.54) is 0 Å². The van der Waals surface area contributed by atoms with Crippen LogP contribution in [-0.4, -0.2) is 49.9 Å². The molecular weight excluding hydrogens is 280 g/mol. The van der Waals surface area contributed by atoms with E-state index in [1.54, 1.807) is 4.90 Å². The molecule has 5 nitrogen and oxygen atoms in total. The Kier molecular flexibility index (Phi) is 4.84. The summed E-state index contributed by atoms with van der Waals surface area (Å²) in [4.78, 5) is 15.8. The quantitative estimate of drug-likeness (QED) is 0.860. The van der Waals surface area contributed by atoms with Gasteiger partial charge in [0.1, 0.15) is 17.5 Å². The number of hydrogen-bond donors (Lipinski definition) is 0. The van der Waals surface area contributed by atoms with Crippen molar-refractivity contribution in [1.82, 2.24) is 4.90 Å². The molecule has 22 heavy (non-hydrogen) atoms. The summed E-state index contributed by atoms with van der Waals surface area (Å²) in [5.74, 6) is 0.835. The van der Waals surface area contributed by atoms with Crippen molar-refractivity contribution >= 4 is 11.8 Å². The fraction of sp³-hybridized carbons (Fsp3) is 0.588. The molecule has 1 aromatic rings. The van der Waals surface area contributed by atoms with Crippen LogP contribution in [0.25, 0.3) is 0 Å². The lowest BCUT2D eigenvalue weighted by Gasteiger charge is -2.24. The zero-order chi connectivity index (χ0) is 16.3. The first-order chi connectivity index (χ1) is 10.2. The second-order valence-electron chi connectivity index (χ2n) is 6.85. The zero-order valence-corrected chi connectivity index (χ0v) is 14.1. The van der Waals surface area contributed by atoms with E-state index >= 15 is 0 Å². The Morgan fingerprint density at radius 2 is 2.05 bits per heavy atom. The molecule has 1 aliphatic rings. The van der Waals surface area contributed by atoms with Gasteiger partial charge in [-0.15, -0.1) is 0 Å². The van der Waals surface area contributed by atoms with Gasteiger partial charge < -0.3 is 19.3 Å². The highest BCUT2D eigenvalue weighted by molar-refractivity contribution is 5.68. The highest BCUT2D eigenvalue weighted by Crippen LogP contribution is 2.23. The minimum Gasteiger partial charge on any atom is -0.488 e. The van der Waals surface area contributed by atoms with Gasteiger partial charge in [0, 0.05) is 38.8 Å². The number of benzene rings is 1. The summed E-state index contributed by atoms with van der Waals surface area (Å²) in [5, 5.41) is 0. The predicted molar refractivity (Wildman–Crippen MR) is 87.6 cm³/mol. The Hall–Kier alpha value is -1.91. The minimum atomic E-state index is -0.462. The lowest BCUT2D eigenvalue weighted by Crippen LogP contribution is -2.36. The first-order valence-corrected chi connectivity index (χ1v) is 7.66. The molecule has 1 amide bonds. The normalized spacial score (nSPS) is 18.2. The number of hydrogen-bond acceptors (Lipinski definition) is 4. The summed E-state index contributed by atoms with van der Waals surface area (Å²) in [6.07, 6.45) is 0.580. The van der Waals surface area contributed by atoms with Crippen molar-refractivity contribution in [1.29, 1.82) is 0 Å². The van der Waals surface area contributed by atoms with Crippen LogP contribution in [0.2, 0.25) is 0 Å². The number of ether oxygens (including phenoxy) is 2. The average molecular weight is 306 g/mol. The SMILES string of the molecule is CN(C)c1cccc(O[C@@H]2CCN(C(=O)OC(C)(C)C)C2)c1. The average Bonchev–Trinajstić information content (AvgIpc) is 2.85. The molecule has 0 aliphatic carbocycles. The van der Waals surface area contributed by atoms with Gasteiger partial charge in [-0.3, -0.25) is 0 Å². The third-order valence-electron chi connectivity index (χ3n) is 3.43. The molecule has 0 spiro atoms. The lowest BCUT2D eigenvalue weighted by atomic mass is 10.2. The topological polar surface area (TPSA) is 42.0 Å². The molecule has 1 fully saturated rings. The van der Waals surface area contributed by atoms with Crippen molar-refractivity contribution in [3.8, 4) is 5.75 Å². The lowest BCUT2D eigenvalue weighted by molar-refractivity contribution is 0.0275. The van der Waals surface area contributed by atoms with E-state index in [0.29, 0.717) is 13.1 Å². The molecule has 0 bridgehead atoms. The first kappa shape index (κ1) is 16.5. The van der Waals surface area contributed by atoms with Crippen LogP contribution in [0.4, 0.5) is 10.5 Å². The molecule has 0 radical (unpaired) electrons. The van der Waals surface area contributed by atoms with Crippen molar-refractivity contribution in [2.45, 2.75) is 38.9 Å². The Labute approximate surface area is 132 Å². The van der Waals surface area contributed by atoms with Gasteiger partial charge in [0.05, 0.1) is 6.54 Å². The van der Waals surface area contributed by atoms with E-state index in [1.807, 2.05) is 64.0 Å². The Bertz CT molecular complexity index is 523. The van der Waals surface area contributed by atoms with Crippen molar-refractivity contribution in [2.24, 2.45) is 0 Å². The molecule has 1 aromatic carbocycles. The van der Waals surface area contributed by atoms with Gasteiger partial charge in [0.2, 0.25) is 0 Å². The largest absolute Gasteiger partial charge is 0.488 e. The van der Waals surface area contributed by atoms with Crippen LogP contribution >= 0.6 is 0 Å². The summed E-state index contributed by atoms with van der Waals surface area (Å²) < 4.78 is 11.4. The predicted octanol–water partition coefficient (Wildman–Crippen LogP) is 3.14. The summed E-state index contributed by atoms with van der Waals surface area (Å²) >= 11 is 0. The second-order valence-corrected chi connectivity index (χ2v) is 6.85. The van der Waals surface area contributed by atoms with Gasteiger partial charge in [-0.25, -0.2) is 4.79 Å². The maximum Gasteiger partial charge on any atom is 0.410 e. The van der Waals surface area contributed by atoms with Crippen LogP contribution in [-0.2, 0) is 4.74 Å². The summed E-state index contributed by atoms with van der Waals surface area (Å²) in [7, 11) is 4.00. The van der Waals surface area contributed by atoms with Crippen molar-refractivity contribution < 1.29 is 14.3 Å². The first-order valence-electron chi connectivity index (χ1n) is 7.66. The molecule has 0 N–H and O–H groups in total. The second kappa shape index (κ2) is 6.46. The van der Waals surface area contributed by atoms with Crippen LogP contribution in [0.5, 0.6) is 5.75 Å². The molecule has 0 unspecified atom stereocenters. The van der Waals surface area contributed by atoms with Crippen LogP contribution in [0.15, 0.2) is 24.3 Å². The van der Waals surface area contributed by atoms with Gasteiger partial charge >= 0.3 is 6.09 Å². The van der Waals surface area contributed by atoms with Crippen LogP contribution < -0.4 is 9.64 Å². The molecular formula is C17H26N2O3. The number of rotatable bonds is 3. The van der Waals surface area contributed by atoms with Crippen molar-refractivity contribution in [3.05, 3.63) is 24.3 Å². The van der Waals surface area contributed by atoms with Crippen LogP contribution in [0, 0.1) is 0 Å². The van der Waals surface area contributed by atoms with Gasteiger partial charge in [-0.2, -0.15) is 0 Å². The smallest absolute Gasteiger partial charge is 0.410 e. The number of carbonyl (C=O) groups is 1. The maximum absolute atomic E-state index is 12.0. The fourth-order valence-electron chi connectivity index (χ4n) is 2.34. The molecule has 1 saturated heterocycles. The van der Waals surface area contributed by atoms with E-state index < -0.39 is 5.60 Å². The Balaban J connectivity index is 1.91. The monoisotopic (exact) mass is 306 g/mol. The molecule has 1 heterocycles. The Morgan fingerprint density at radius 3 is 2.68 bits per heavy atom. The van der Waals surface area contributed by atoms with E-state index in [4.69, 9.17) is 9.47 Å². The number of nitrogens with zero attached hydrogens (tertiary/aromatic N) is 2. The molecule has 1 aliphatic heterocycles. The van der Waals surface area contributed by atoms with E-state index in [0.717, 1.165) is 17.9 Å². The minimum absolute atomic E-state index is 0.0185. The number of amides is 1. The van der Waals surface area contributed by atoms with Gasteiger partial charge in [-0.1, -0.05) is 6.07 Å². The van der Waals surface area contributed by atoms with Crippen LogP contribution in [0.3, 0.4) is 0 Å². The Morgan fingerprint density at radius 1 is 1.32 bits per heavy atom. The highest BCUT2D eigenvalue weighted by atomic mass is 16.6. The highest BCUT2D eigenvalue weighted by Gasteiger charge is 2.30. The number of anilines is 1. The standard InChI is InChI=1S/C17H26N2O3/c1-17(2,3)22-16(20)19-10-9-15(12-19)21-14-8-6-7-13(11-14)18(4)5/h6-8,11,15H,9-10,12H2,1-5H3/t15-/m1/s1. The maximum atomic E-state index is 12.0. The number of carbonyl (C=O) groups excluding carboxylic acids is 1. The van der Waals surface area contributed by atoms with Crippen molar-refractivity contribution in [3.63, 3.8) is 0 Å². The molecule has 5 heteroatoms. The molecule has 0 saturated carbocycles. The summed E-state index contributed by atoms with van der Waals surface area (Å²) in [6, 6.07) is 7.97. The molecule has 0 aromatic heterocycles. The van der Waals surface area contributed by atoms with Gasteiger partial charge in [0.15, 0.2) is 0 Å². The van der Waals surface area contributed by atoms with Crippen molar-refractivity contribution in [2.75, 3.05) is 32.1 Å². The summed E-state index contributed by atoms with van der Waals surface area (Å²) in [5.41, 5.74) is 0.635.